The van der Waals surface area contributed by atoms with Crippen molar-refractivity contribution in [1.82, 2.24) is 5.32 Å². The molecule has 1 N–H and O–H groups in total. The largest absolute Gasteiger partial charge is 0.394 e. The fourth-order valence-corrected chi connectivity index (χ4v) is 0.563. The van der Waals surface area contributed by atoms with E-state index in [0.29, 0.717) is 0 Å². The highest BCUT2D eigenvalue weighted by Crippen LogP contribution is 2.25. The molecule has 10 heavy (non-hydrogen) atoms. The summed E-state index contributed by atoms with van der Waals surface area (Å²) in [5.74, 6) is 0. The second-order valence-electron chi connectivity index (χ2n) is 3.04. The highest BCUT2D eigenvalue weighted by atomic mass is 14.8. The van der Waals surface area contributed by atoms with Crippen LogP contribution in [0.1, 0.15) is 20.8 Å². The summed E-state index contributed by atoms with van der Waals surface area (Å²) in [6, 6.07) is 0. The van der Waals surface area contributed by atoms with Crippen molar-refractivity contribution in [3.05, 3.63) is 24.4 Å². The van der Waals surface area contributed by atoms with Gasteiger partial charge in [0.1, 0.15) is 0 Å². The Balaban J connectivity index is 4.31. The van der Waals surface area contributed by atoms with Crippen molar-refractivity contribution < 1.29 is 0 Å². The minimum Gasteiger partial charge on any atom is -0.394 e. The van der Waals surface area contributed by atoms with E-state index in [4.69, 9.17) is 0 Å². The summed E-state index contributed by atoms with van der Waals surface area (Å²) in [4.78, 5) is 0. The monoisotopic (exact) mass is 139 g/mol. The predicted molar refractivity (Wildman–Crippen MR) is 46.8 cm³/mol. The minimum absolute atomic E-state index is 0.114. The van der Waals surface area contributed by atoms with Crippen molar-refractivity contribution in [2.24, 2.45) is 5.41 Å². The quantitative estimate of drug-likeness (QED) is 0.592. The van der Waals surface area contributed by atoms with Crippen LogP contribution < -0.4 is 5.32 Å². The fraction of sp³-hybridized carbons (Fsp3) is 0.556. The van der Waals surface area contributed by atoms with E-state index in [1.54, 1.807) is 0 Å². The molecule has 0 rings (SSSR count). The Kier molecular flexibility index (Phi) is 3.20. The lowest BCUT2D eigenvalue weighted by Crippen LogP contribution is -2.11. The predicted octanol–water partition coefficient (Wildman–Crippen LogP) is 2.32. The first kappa shape index (κ1) is 9.28. The maximum absolute atomic E-state index is 3.77. The smallest absolute Gasteiger partial charge is 0.00460 e. The van der Waals surface area contributed by atoms with E-state index in [1.807, 2.05) is 19.3 Å². The van der Waals surface area contributed by atoms with Gasteiger partial charge in [-0.25, -0.2) is 0 Å². The number of hydrogen-bond donors (Lipinski definition) is 1. The van der Waals surface area contributed by atoms with E-state index in [-0.39, 0.29) is 5.41 Å². The van der Waals surface area contributed by atoms with Crippen LogP contribution in [0.3, 0.4) is 0 Å². The van der Waals surface area contributed by atoms with Crippen LogP contribution in [0.25, 0.3) is 0 Å². The molecule has 0 aliphatic rings. The van der Waals surface area contributed by atoms with Gasteiger partial charge in [0.15, 0.2) is 0 Å². The van der Waals surface area contributed by atoms with E-state index >= 15 is 0 Å². The fourth-order valence-electron chi connectivity index (χ4n) is 0.563. The van der Waals surface area contributed by atoms with E-state index in [9.17, 15) is 0 Å². The Labute approximate surface area is 63.8 Å². The summed E-state index contributed by atoms with van der Waals surface area (Å²) >= 11 is 0. The van der Waals surface area contributed by atoms with Gasteiger partial charge < -0.3 is 5.32 Å². The molecule has 0 amide bonds. The lowest BCUT2D eigenvalue weighted by molar-refractivity contribution is 0.576. The Morgan fingerprint density at radius 2 is 2.00 bits per heavy atom. The number of hydrogen-bond acceptors (Lipinski definition) is 1. The zero-order valence-corrected chi connectivity index (χ0v) is 7.36. The summed E-state index contributed by atoms with van der Waals surface area (Å²) in [7, 11) is 1.91. The average molecular weight is 139 g/mol. The highest BCUT2D eigenvalue weighted by Gasteiger charge is 2.13. The molecule has 0 unspecified atom stereocenters. The van der Waals surface area contributed by atoms with E-state index in [1.165, 1.54) is 5.57 Å². The molecule has 0 fully saturated rings. The van der Waals surface area contributed by atoms with Crippen molar-refractivity contribution in [3.8, 4) is 0 Å². The molecule has 58 valence electrons. The highest BCUT2D eigenvalue weighted by molar-refractivity contribution is 5.14. The van der Waals surface area contributed by atoms with E-state index in [0.717, 1.165) is 0 Å². The van der Waals surface area contributed by atoms with Crippen LogP contribution in [0.2, 0.25) is 0 Å². The molecule has 0 spiro atoms. The van der Waals surface area contributed by atoms with Crippen LogP contribution in [0.4, 0.5) is 0 Å². The third kappa shape index (κ3) is 2.26. The normalized spacial score (nSPS) is 13.0. The lowest BCUT2D eigenvalue weighted by atomic mass is 9.86. The molecule has 1 heteroatoms. The molecule has 0 saturated carbocycles. The summed E-state index contributed by atoms with van der Waals surface area (Å²) < 4.78 is 0. The van der Waals surface area contributed by atoms with Crippen molar-refractivity contribution in [3.63, 3.8) is 0 Å². The molecular formula is C9H17N. The molecule has 0 aromatic rings. The van der Waals surface area contributed by atoms with Crippen molar-refractivity contribution in [2.45, 2.75) is 20.8 Å². The maximum Gasteiger partial charge on any atom is 0.00460 e. The Hall–Kier alpha value is -0.720. The Morgan fingerprint density at radius 1 is 1.50 bits per heavy atom. The van der Waals surface area contributed by atoms with Gasteiger partial charge in [-0.15, -0.1) is 6.58 Å². The standard InChI is InChI=1S/C9H17N/c1-6-9(3,4)8(2)7-10-5/h6-7,10H,1H2,2-5H3/b8-7+. The summed E-state index contributed by atoms with van der Waals surface area (Å²) in [5.41, 5.74) is 1.41. The lowest BCUT2D eigenvalue weighted by Gasteiger charge is -2.20. The zero-order valence-electron chi connectivity index (χ0n) is 7.36. The molecule has 0 aliphatic carbocycles. The Morgan fingerprint density at radius 3 is 2.30 bits per heavy atom. The van der Waals surface area contributed by atoms with E-state index in [2.05, 4.69) is 32.7 Å². The van der Waals surface area contributed by atoms with Gasteiger partial charge in [0.25, 0.3) is 0 Å². The van der Waals surface area contributed by atoms with Crippen LogP contribution in [0.5, 0.6) is 0 Å². The van der Waals surface area contributed by atoms with Crippen LogP contribution in [-0.4, -0.2) is 7.05 Å². The molecule has 0 radical (unpaired) electrons. The number of rotatable bonds is 3. The number of allylic oxidation sites excluding steroid dienone is 2. The first-order valence-corrected chi connectivity index (χ1v) is 3.52. The van der Waals surface area contributed by atoms with Gasteiger partial charge in [-0.05, 0) is 18.7 Å². The molecule has 0 heterocycles. The van der Waals surface area contributed by atoms with Gasteiger partial charge >= 0.3 is 0 Å². The van der Waals surface area contributed by atoms with Gasteiger partial charge in [-0.1, -0.05) is 19.9 Å². The number of nitrogens with one attached hydrogen (secondary N) is 1. The van der Waals surface area contributed by atoms with Crippen LogP contribution >= 0.6 is 0 Å². The van der Waals surface area contributed by atoms with Crippen molar-refractivity contribution in [2.75, 3.05) is 7.05 Å². The first-order valence-electron chi connectivity index (χ1n) is 3.52. The second kappa shape index (κ2) is 3.45. The minimum atomic E-state index is 0.114. The maximum atomic E-state index is 3.77. The van der Waals surface area contributed by atoms with Gasteiger partial charge in [0.2, 0.25) is 0 Å². The van der Waals surface area contributed by atoms with Gasteiger partial charge in [-0.2, -0.15) is 0 Å². The van der Waals surface area contributed by atoms with Gasteiger partial charge in [0, 0.05) is 12.5 Å². The zero-order chi connectivity index (χ0) is 8.20. The third-order valence-electron chi connectivity index (χ3n) is 1.89. The van der Waals surface area contributed by atoms with Crippen LogP contribution in [0.15, 0.2) is 24.4 Å². The molecular weight excluding hydrogens is 122 g/mol. The average Bonchev–Trinajstić information content (AvgIpc) is 1.89. The molecule has 0 aliphatic heterocycles. The van der Waals surface area contributed by atoms with Crippen molar-refractivity contribution >= 4 is 0 Å². The topological polar surface area (TPSA) is 12.0 Å². The van der Waals surface area contributed by atoms with Crippen LogP contribution in [0, 0.1) is 5.41 Å². The summed E-state index contributed by atoms with van der Waals surface area (Å²) in [5, 5.41) is 3.00. The van der Waals surface area contributed by atoms with Crippen LogP contribution in [-0.2, 0) is 0 Å². The molecule has 0 saturated heterocycles. The third-order valence-corrected chi connectivity index (χ3v) is 1.89. The summed E-state index contributed by atoms with van der Waals surface area (Å²) in [6.45, 7) is 10.1. The molecule has 0 atom stereocenters. The van der Waals surface area contributed by atoms with Gasteiger partial charge in [-0.3, -0.25) is 0 Å². The molecule has 0 bridgehead atoms. The van der Waals surface area contributed by atoms with Gasteiger partial charge in [0.05, 0.1) is 0 Å². The summed E-state index contributed by atoms with van der Waals surface area (Å²) in [6.07, 6.45) is 3.96. The Bertz CT molecular complexity index is 143. The molecule has 1 nitrogen and oxygen atoms in total. The van der Waals surface area contributed by atoms with Crippen molar-refractivity contribution in [1.29, 1.82) is 0 Å². The first-order chi connectivity index (χ1) is 4.54. The molecule has 0 aromatic heterocycles. The SMILES string of the molecule is C=CC(C)(C)/C(C)=C/NC. The molecule has 0 aromatic carbocycles. The second-order valence-corrected chi connectivity index (χ2v) is 3.04. The van der Waals surface area contributed by atoms with E-state index < -0.39 is 0 Å².